The van der Waals surface area contributed by atoms with Crippen molar-refractivity contribution >= 4 is 40.7 Å². The summed E-state index contributed by atoms with van der Waals surface area (Å²) in [4.78, 5) is 10.0. The summed E-state index contributed by atoms with van der Waals surface area (Å²) in [5, 5.41) is 28.1. The lowest BCUT2D eigenvalue weighted by Gasteiger charge is -1.98. The number of hydrogen-bond acceptors (Lipinski definition) is 5. The van der Waals surface area contributed by atoms with Gasteiger partial charge in [-0.25, -0.2) is 0 Å². The minimum atomic E-state index is -0.651. The molecule has 0 radical (unpaired) electrons. The lowest BCUT2D eigenvalue weighted by Crippen LogP contribution is -1.91. The lowest BCUT2D eigenvalue weighted by molar-refractivity contribution is -0.385. The standard InChI is InChI=1S/C14H10IN3O3/c15-12-5-1-3-10(7-12)8-16-17-9-11-4-2-6-13(14(11)19)18(20)21/h1-9,19H/b16-8-,17-9-. The van der Waals surface area contributed by atoms with Crippen LogP contribution in [0.2, 0.25) is 0 Å². The van der Waals surface area contributed by atoms with Gasteiger partial charge in [0.2, 0.25) is 5.75 Å². The van der Waals surface area contributed by atoms with Crippen LogP contribution in [0.5, 0.6) is 5.75 Å². The largest absolute Gasteiger partial charge is 0.502 e. The Labute approximate surface area is 134 Å². The molecular formula is C14H10IN3O3. The van der Waals surface area contributed by atoms with Crippen LogP contribution in [0.25, 0.3) is 0 Å². The van der Waals surface area contributed by atoms with Gasteiger partial charge in [-0.2, -0.15) is 10.2 Å². The monoisotopic (exact) mass is 395 g/mol. The highest BCUT2D eigenvalue weighted by molar-refractivity contribution is 14.1. The average Bonchev–Trinajstić information content (AvgIpc) is 2.45. The fourth-order valence-electron chi connectivity index (χ4n) is 1.58. The maximum absolute atomic E-state index is 10.7. The molecule has 0 aromatic heterocycles. The van der Waals surface area contributed by atoms with Gasteiger partial charge in [0.25, 0.3) is 0 Å². The zero-order valence-electron chi connectivity index (χ0n) is 10.7. The van der Waals surface area contributed by atoms with Gasteiger partial charge >= 0.3 is 5.69 Å². The first-order valence-electron chi connectivity index (χ1n) is 5.86. The molecule has 0 bridgehead atoms. The summed E-state index contributed by atoms with van der Waals surface area (Å²) in [7, 11) is 0. The summed E-state index contributed by atoms with van der Waals surface area (Å²) in [6, 6.07) is 11.9. The smallest absolute Gasteiger partial charge is 0.311 e. The minimum Gasteiger partial charge on any atom is -0.502 e. The van der Waals surface area contributed by atoms with Crippen molar-refractivity contribution in [3.8, 4) is 5.75 Å². The quantitative estimate of drug-likeness (QED) is 0.373. The van der Waals surface area contributed by atoms with Crippen LogP contribution in [0.15, 0.2) is 52.7 Å². The molecule has 2 aromatic rings. The number of benzene rings is 2. The Kier molecular flexibility index (Phi) is 4.99. The SMILES string of the molecule is O=[N+]([O-])c1cccc(/C=N\N=C/c2cccc(I)c2)c1O. The molecule has 7 heteroatoms. The third-order valence-electron chi connectivity index (χ3n) is 2.56. The fourth-order valence-corrected chi connectivity index (χ4v) is 2.15. The fraction of sp³-hybridized carbons (Fsp3) is 0. The van der Waals surface area contributed by atoms with E-state index in [0.29, 0.717) is 0 Å². The first-order valence-corrected chi connectivity index (χ1v) is 6.94. The normalized spacial score (nSPS) is 11.3. The van der Waals surface area contributed by atoms with Gasteiger partial charge in [-0.05, 0) is 46.4 Å². The van der Waals surface area contributed by atoms with Crippen molar-refractivity contribution in [3.05, 3.63) is 67.3 Å². The van der Waals surface area contributed by atoms with E-state index in [1.807, 2.05) is 24.3 Å². The van der Waals surface area contributed by atoms with Crippen molar-refractivity contribution in [1.29, 1.82) is 0 Å². The molecule has 6 nitrogen and oxygen atoms in total. The number of nitro benzene ring substituents is 1. The third-order valence-corrected chi connectivity index (χ3v) is 3.23. The van der Waals surface area contributed by atoms with Crippen molar-refractivity contribution < 1.29 is 10.0 Å². The van der Waals surface area contributed by atoms with E-state index < -0.39 is 10.7 Å². The molecule has 0 saturated carbocycles. The first-order chi connectivity index (χ1) is 10.1. The van der Waals surface area contributed by atoms with Gasteiger partial charge in [0, 0.05) is 15.2 Å². The van der Waals surface area contributed by atoms with Gasteiger partial charge < -0.3 is 5.11 Å². The summed E-state index contributed by atoms with van der Waals surface area (Å²) < 4.78 is 1.08. The van der Waals surface area contributed by atoms with E-state index in [2.05, 4.69) is 32.8 Å². The second-order valence-corrected chi connectivity index (χ2v) is 5.26. The Morgan fingerprint density at radius 2 is 1.86 bits per heavy atom. The highest BCUT2D eigenvalue weighted by atomic mass is 127. The molecule has 21 heavy (non-hydrogen) atoms. The molecule has 0 heterocycles. The average molecular weight is 395 g/mol. The molecule has 0 spiro atoms. The van der Waals surface area contributed by atoms with Gasteiger partial charge in [0.1, 0.15) is 0 Å². The van der Waals surface area contributed by atoms with E-state index >= 15 is 0 Å². The molecule has 106 valence electrons. The van der Waals surface area contributed by atoms with Crippen LogP contribution in [0.3, 0.4) is 0 Å². The van der Waals surface area contributed by atoms with Crippen molar-refractivity contribution in [3.63, 3.8) is 0 Å². The molecule has 0 aliphatic carbocycles. The first kappa shape index (κ1) is 15.1. The Morgan fingerprint density at radius 1 is 1.14 bits per heavy atom. The van der Waals surface area contributed by atoms with E-state index in [1.54, 1.807) is 6.21 Å². The maximum Gasteiger partial charge on any atom is 0.311 e. The van der Waals surface area contributed by atoms with Crippen LogP contribution in [0.4, 0.5) is 5.69 Å². The Morgan fingerprint density at radius 3 is 2.57 bits per heavy atom. The molecule has 0 aliphatic rings. The molecule has 2 rings (SSSR count). The molecule has 0 saturated heterocycles. The maximum atomic E-state index is 10.7. The van der Waals surface area contributed by atoms with Crippen molar-refractivity contribution in [2.75, 3.05) is 0 Å². The minimum absolute atomic E-state index is 0.240. The summed E-state index contributed by atoms with van der Waals surface area (Å²) in [5.41, 5.74) is 0.770. The lowest BCUT2D eigenvalue weighted by atomic mass is 10.2. The van der Waals surface area contributed by atoms with Gasteiger partial charge in [-0.15, -0.1) is 0 Å². The highest BCUT2D eigenvalue weighted by Crippen LogP contribution is 2.27. The Bertz CT molecular complexity index is 729. The van der Waals surface area contributed by atoms with Crippen LogP contribution in [-0.2, 0) is 0 Å². The van der Waals surface area contributed by atoms with Crippen LogP contribution in [-0.4, -0.2) is 22.5 Å². The van der Waals surface area contributed by atoms with Crippen LogP contribution < -0.4 is 0 Å². The number of aromatic hydroxyl groups is 1. The van der Waals surface area contributed by atoms with Gasteiger partial charge in [0.05, 0.1) is 17.4 Å². The van der Waals surface area contributed by atoms with Crippen LogP contribution in [0, 0.1) is 13.7 Å². The molecule has 0 aliphatic heterocycles. The summed E-state index contributed by atoms with van der Waals surface area (Å²) >= 11 is 2.19. The van der Waals surface area contributed by atoms with E-state index in [4.69, 9.17) is 0 Å². The molecule has 0 atom stereocenters. The molecule has 1 N–H and O–H groups in total. The van der Waals surface area contributed by atoms with Gasteiger partial charge in [-0.3, -0.25) is 10.1 Å². The van der Waals surface area contributed by atoms with Gasteiger partial charge in [0.15, 0.2) is 0 Å². The second-order valence-electron chi connectivity index (χ2n) is 4.02. The van der Waals surface area contributed by atoms with Crippen LogP contribution >= 0.6 is 22.6 Å². The zero-order valence-corrected chi connectivity index (χ0v) is 12.8. The topological polar surface area (TPSA) is 88.1 Å². The molecule has 2 aromatic carbocycles. The number of phenols is 1. The molecule has 0 amide bonds. The number of phenolic OH excluding ortho intramolecular Hbond substituents is 1. The number of para-hydroxylation sites is 1. The number of nitro groups is 1. The molecule has 0 fully saturated rings. The number of rotatable bonds is 4. The zero-order chi connectivity index (χ0) is 15.2. The third kappa shape index (κ3) is 4.09. The second kappa shape index (κ2) is 6.93. The van der Waals surface area contributed by atoms with E-state index in [0.717, 1.165) is 9.13 Å². The molecular weight excluding hydrogens is 385 g/mol. The van der Waals surface area contributed by atoms with Crippen molar-refractivity contribution in [2.24, 2.45) is 10.2 Å². The summed E-state index contributed by atoms with van der Waals surface area (Å²) in [5.74, 6) is -0.421. The van der Waals surface area contributed by atoms with Crippen molar-refractivity contribution in [1.82, 2.24) is 0 Å². The van der Waals surface area contributed by atoms with E-state index in [1.165, 1.54) is 24.4 Å². The molecule has 0 unspecified atom stereocenters. The summed E-state index contributed by atoms with van der Waals surface area (Å²) in [6.07, 6.45) is 2.83. The Hall–Kier alpha value is -2.29. The number of hydrogen-bond donors (Lipinski definition) is 1. The highest BCUT2D eigenvalue weighted by Gasteiger charge is 2.14. The van der Waals surface area contributed by atoms with E-state index in [9.17, 15) is 15.2 Å². The van der Waals surface area contributed by atoms with Gasteiger partial charge in [-0.1, -0.05) is 18.2 Å². The predicted molar refractivity (Wildman–Crippen MR) is 89.1 cm³/mol. The van der Waals surface area contributed by atoms with Crippen molar-refractivity contribution in [2.45, 2.75) is 0 Å². The summed E-state index contributed by atoms with van der Waals surface area (Å²) in [6.45, 7) is 0. The van der Waals surface area contributed by atoms with Crippen LogP contribution in [0.1, 0.15) is 11.1 Å². The Balaban J connectivity index is 2.15. The number of nitrogens with zero attached hydrogens (tertiary/aromatic N) is 3. The number of halogens is 1. The van der Waals surface area contributed by atoms with E-state index in [-0.39, 0.29) is 11.3 Å². The predicted octanol–water partition coefficient (Wildman–Crippen LogP) is 3.36.